The van der Waals surface area contributed by atoms with Crippen LogP contribution in [0.1, 0.15) is 39.9 Å². The summed E-state index contributed by atoms with van der Waals surface area (Å²) in [6.07, 6.45) is 0.398. The molecule has 0 saturated carbocycles. The van der Waals surface area contributed by atoms with Crippen molar-refractivity contribution in [2.45, 2.75) is 32.0 Å². The number of rotatable bonds is 4. The van der Waals surface area contributed by atoms with Crippen molar-refractivity contribution in [2.24, 2.45) is 0 Å². The smallest absolute Gasteiger partial charge is 0.255 e. The summed E-state index contributed by atoms with van der Waals surface area (Å²) in [4.78, 5) is 42.5. The molecule has 3 amide bonds. The molecule has 3 heterocycles. The van der Waals surface area contributed by atoms with Gasteiger partial charge in [0.25, 0.3) is 5.91 Å². The normalized spacial score (nSPS) is 20.6. The molecule has 0 aliphatic carbocycles. The van der Waals surface area contributed by atoms with E-state index >= 15 is 0 Å². The summed E-state index contributed by atoms with van der Waals surface area (Å²) >= 11 is 0. The van der Waals surface area contributed by atoms with E-state index in [-0.39, 0.29) is 36.4 Å². The number of piperazine rings is 1. The summed E-state index contributed by atoms with van der Waals surface area (Å²) in [6, 6.07) is 8.12. The molecule has 10 heteroatoms. The summed E-state index contributed by atoms with van der Waals surface area (Å²) in [5.41, 5.74) is 2.54. The highest BCUT2D eigenvalue weighted by Gasteiger charge is 2.41. The van der Waals surface area contributed by atoms with Crippen LogP contribution in [0.3, 0.4) is 0 Å². The van der Waals surface area contributed by atoms with Crippen LogP contribution in [-0.2, 0) is 22.7 Å². The third kappa shape index (κ3) is 4.47. The third-order valence-electron chi connectivity index (χ3n) is 6.80. The van der Waals surface area contributed by atoms with Crippen molar-refractivity contribution in [2.75, 3.05) is 31.1 Å². The zero-order chi connectivity index (χ0) is 24.7. The van der Waals surface area contributed by atoms with Crippen LogP contribution in [0.4, 0.5) is 14.5 Å². The second-order valence-corrected chi connectivity index (χ2v) is 9.07. The van der Waals surface area contributed by atoms with Gasteiger partial charge >= 0.3 is 0 Å². The number of piperidine rings is 1. The molecule has 2 saturated heterocycles. The standard InChI is InChI=1S/C25H23F2N5O3/c26-17-8-15(12-28)7-16(9-17)13-30-3-5-31(6-4-30)22-11-18(27)10-19-20(22)14-32(25(19)35)21-1-2-23(33)29-24(21)34/h7-11,21H,1-6,13-14H2,(H,29,33,34). The van der Waals surface area contributed by atoms with Crippen molar-refractivity contribution in [3.8, 4) is 6.07 Å². The molecule has 0 radical (unpaired) electrons. The molecule has 3 aliphatic rings. The Hall–Kier alpha value is -3.84. The molecule has 1 N–H and O–H groups in total. The fourth-order valence-electron chi connectivity index (χ4n) is 5.10. The molecule has 5 rings (SSSR count). The van der Waals surface area contributed by atoms with Gasteiger partial charge in [-0.05, 0) is 42.3 Å². The number of hydrogen-bond donors (Lipinski definition) is 1. The molecular weight excluding hydrogens is 456 g/mol. The van der Waals surface area contributed by atoms with E-state index < -0.39 is 29.5 Å². The van der Waals surface area contributed by atoms with Crippen LogP contribution in [0.5, 0.6) is 0 Å². The average Bonchev–Trinajstić information content (AvgIpc) is 3.14. The van der Waals surface area contributed by atoms with E-state index in [4.69, 9.17) is 5.26 Å². The van der Waals surface area contributed by atoms with Gasteiger partial charge in [-0.1, -0.05) is 0 Å². The number of hydrogen-bond acceptors (Lipinski definition) is 6. The van der Waals surface area contributed by atoms with Gasteiger partial charge < -0.3 is 9.80 Å². The van der Waals surface area contributed by atoms with Crippen LogP contribution in [0.15, 0.2) is 30.3 Å². The second kappa shape index (κ2) is 9.07. The fraction of sp³-hybridized carbons (Fsp3) is 0.360. The van der Waals surface area contributed by atoms with Crippen molar-refractivity contribution in [1.82, 2.24) is 15.1 Å². The lowest BCUT2D eigenvalue weighted by Gasteiger charge is -2.37. The Balaban J connectivity index is 1.31. The highest BCUT2D eigenvalue weighted by molar-refractivity contribution is 6.06. The highest BCUT2D eigenvalue weighted by Crippen LogP contribution is 2.35. The third-order valence-corrected chi connectivity index (χ3v) is 6.80. The number of amides is 3. The quantitative estimate of drug-likeness (QED) is 0.674. The van der Waals surface area contributed by atoms with Gasteiger partial charge in [0, 0.05) is 62.5 Å². The molecular formula is C25H23F2N5O3. The van der Waals surface area contributed by atoms with Gasteiger partial charge in [-0.3, -0.25) is 24.6 Å². The first-order valence-corrected chi connectivity index (χ1v) is 11.5. The SMILES string of the molecule is N#Cc1cc(F)cc(CN2CCN(c3cc(F)cc4c3CN(C3CCC(=O)NC3=O)C4=O)CC2)c1. The molecule has 2 aromatic rings. The van der Waals surface area contributed by atoms with Crippen LogP contribution in [0.25, 0.3) is 0 Å². The zero-order valence-corrected chi connectivity index (χ0v) is 18.9. The number of imide groups is 1. The summed E-state index contributed by atoms with van der Waals surface area (Å²) in [6.45, 7) is 3.08. The number of fused-ring (bicyclic) bond motifs is 1. The minimum atomic E-state index is -0.759. The van der Waals surface area contributed by atoms with Crippen molar-refractivity contribution in [3.63, 3.8) is 0 Å². The first-order valence-electron chi connectivity index (χ1n) is 11.5. The van der Waals surface area contributed by atoms with Gasteiger partial charge in [0.05, 0.1) is 11.6 Å². The molecule has 0 spiro atoms. The highest BCUT2D eigenvalue weighted by atomic mass is 19.1. The number of nitrogens with zero attached hydrogens (tertiary/aromatic N) is 4. The maximum atomic E-state index is 14.5. The molecule has 2 fully saturated rings. The van der Waals surface area contributed by atoms with Gasteiger partial charge in [-0.15, -0.1) is 0 Å². The topological polar surface area (TPSA) is 96.8 Å². The largest absolute Gasteiger partial charge is 0.369 e. The Bertz CT molecular complexity index is 1270. The van der Waals surface area contributed by atoms with Crippen LogP contribution < -0.4 is 10.2 Å². The van der Waals surface area contributed by atoms with Gasteiger partial charge in [0.15, 0.2) is 0 Å². The lowest BCUT2D eigenvalue weighted by Crippen LogP contribution is -2.52. The Morgan fingerprint density at radius 1 is 1.00 bits per heavy atom. The molecule has 2 aromatic carbocycles. The number of benzene rings is 2. The van der Waals surface area contributed by atoms with E-state index in [1.54, 1.807) is 6.07 Å². The van der Waals surface area contributed by atoms with E-state index in [0.717, 1.165) is 0 Å². The lowest BCUT2D eigenvalue weighted by molar-refractivity contribution is -0.136. The Labute approximate surface area is 200 Å². The number of nitrogens with one attached hydrogen (secondary N) is 1. The monoisotopic (exact) mass is 479 g/mol. The Kier molecular flexibility index (Phi) is 5.94. The number of carbonyl (C=O) groups excluding carboxylic acids is 3. The van der Waals surface area contributed by atoms with Gasteiger partial charge in [0.1, 0.15) is 17.7 Å². The lowest BCUT2D eigenvalue weighted by atomic mass is 10.0. The van der Waals surface area contributed by atoms with Gasteiger partial charge in [-0.2, -0.15) is 5.26 Å². The predicted molar refractivity (Wildman–Crippen MR) is 121 cm³/mol. The minimum Gasteiger partial charge on any atom is -0.369 e. The van der Waals surface area contributed by atoms with Crippen molar-refractivity contribution in [3.05, 3.63) is 64.2 Å². The van der Waals surface area contributed by atoms with Crippen molar-refractivity contribution >= 4 is 23.4 Å². The Morgan fingerprint density at radius 3 is 2.46 bits per heavy atom. The molecule has 1 atom stereocenters. The van der Waals surface area contributed by atoms with Crippen LogP contribution in [0.2, 0.25) is 0 Å². The van der Waals surface area contributed by atoms with Crippen LogP contribution in [0, 0.1) is 23.0 Å². The number of anilines is 1. The summed E-state index contributed by atoms with van der Waals surface area (Å²) < 4.78 is 28.3. The Morgan fingerprint density at radius 2 is 1.74 bits per heavy atom. The van der Waals surface area contributed by atoms with E-state index in [9.17, 15) is 23.2 Å². The molecule has 0 aromatic heterocycles. The van der Waals surface area contributed by atoms with Crippen LogP contribution in [-0.4, -0.2) is 59.7 Å². The van der Waals surface area contributed by atoms with Gasteiger partial charge in [-0.25, -0.2) is 8.78 Å². The molecule has 1 unspecified atom stereocenters. The van der Waals surface area contributed by atoms with Gasteiger partial charge in [0.2, 0.25) is 11.8 Å². The summed E-state index contributed by atoms with van der Waals surface area (Å²) in [7, 11) is 0. The zero-order valence-electron chi connectivity index (χ0n) is 18.9. The van der Waals surface area contributed by atoms with E-state index in [0.29, 0.717) is 49.5 Å². The number of carbonyl (C=O) groups is 3. The van der Waals surface area contributed by atoms with E-state index in [1.807, 2.05) is 11.0 Å². The fourth-order valence-corrected chi connectivity index (χ4v) is 5.10. The maximum Gasteiger partial charge on any atom is 0.255 e. The van der Waals surface area contributed by atoms with Crippen molar-refractivity contribution in [1.29, 1.82) is 5.26 Å². The molecule has 35 heavy (non-hydrogen) atoms. The van der Waals surface area contributed by atoms with Crippen molar-refractivity contribution < 1.29 is 23.2 Å². The maximum absolute atomic E-state index is 14.5. The minimum absolute atomic E-state index is 0.154. The van der Waals surface area contributed by atoms with E-state index in [2.05, 4.69) is 10.2 Å². The van der Waals surface area contributed by atoms with E-state index in [1.165, 1.54) is 29.2 Å². The molecule has 3 aliphatic heterocycles. The first-order chi connectivity index (χ1) is 16.8. The molecule has 0 bridgehead atoms. The average molecular weight is 479 g/mol. The summed E-state index contributed by atoms with van der Waals surface area (Å²) in [5.74, 6) is -2.24. The molecule has 180 valence electrons. The number of halogens is 2. The molecule has 8 nitrogen and oxygen atoms in total. The first kappa shape index (κ1) is 22.9. The summed E-state index contributed by atoms with van der Waals surface area (Å²) in [5, 5.41) is 11.3. The number of nitriles is 1. The predicted octanol–water partition coefficient (Wildman–Crippen LogP) is 1.92. The second-order valence-electron chi connectivity index (χ2n) is 9.07. The van der Waals surface area contributed by atoms with Crippen LogP contribution >= 0.6 is 0 Å².